The molecule has 15 nitrogen and oxygen atoms in total. The van der Waals surface area contributed by atoms with Crippen molar-refractivity contribution in [3.63, 3.8) is 0 Å². The van der Waals surface area contributed by atoms with Gasteiger partial charge in [0.2, 0.25) is 5.91 Å². The number of aryl methyl sites for hydroxylation is 1. The molecule has 0 heterocycles. The largest absolute Gasteiger partial charge is 0.491 e. The maximum Gasteiger partial charge on any atom is 0.297 e. The molecule has 0 bridgehead atoms. The van der Waals surface area contributed by atoms with Crippen molar-refractivity contribution in [2.24, 2.45) is 0 Å². The van der Waals surface area contributed by atoms with Crippen molar-refractivity contribution in [1.29, 1.82) is 0 Å². The van der Waals surface area contributed by atoms with Crippen LogP contribution in [0.15, 0.2) is 53.4 Å². The minimum Gasteiger partial charge on any atom is -0.491 e. The van der Waals surface area contributed by atoms with Gasteiger partial charge < -0.3 is 52.7 Å². The second-order valence-corrected chi connectivity index (χ2v) is 12.3. The molecular formula is C35H55NO14S. The van der Waals surface area contributed by atoms with Gasteiger partial charge in [-0.15, -0.1) is 0 Å². The first-order chi connectivity index (χ1) is 24.9. The Labute approximate surface area is 302 Å². The molecule has 0 aromatic heterocycles. The molecule has 0 spiro atoms. The summed E-state index contributed by atoms with van der Waals surface area (Å²) >= 11 is 0. The Morgan fingerprint density at radius 1 is 0.490 bits per heavy atom. The number of amides is 1. The summed E-state index contributed by atoms with van der Waals surface area (Å²) in [5, 5.41) is 2.71. The van der Waals surface area contributed by atoms with Gasteiger partial charge in [0, 0.05) is 12.6 Å². The van der Waals surface area contributed by atoms with E-state index in [0.717, 1.165) is 11.3 Å². The van der Waals surface area contributed by atoms with Crippen molar-refractivity contribution in [2.45, 2.75) is 18.7 Å². The number of benzene rings is 2. The van der Waals surface area contributed by atoms with Crippen molar-refractivity contribution in [1.82, 2.24) is 0 Å². The van der Waals surface area contributed by atoms with Crippen molar-refractivity contribution >= 4 is 21.7 Å². The van der Waals surface area contributed by atoms with Gasteiger partial charge in [0.05, 0.1) is 130 Å². The molecule has 290 valence electrons. The number of rotatable bonds is 34. The Hall–Kier alpha value is -2.74. The summed E-state index contributed by atoms with van der Waals surface area (Å²) in [5.41, 5.74) is 1.70. The molecular weight excluding hydrogens is 690 g/mol. The van der Waals surface area contributed by atoms with E-state index >= 15 is 0 Å². The molecule has 1 N–H and O–H groups in total. The SMILES string of the molecule is CC(=O)Nc1ccc(OCCOCCOCCOCCOCCOCCOCCOCCOCCOCCOS(=O)(=O)c2ccc(C)cc2)cc1. The van der Waals surface area contributed by atoms with Crippen LogP contribution in [0.5, 0.6) is 5.75 Å². The van der Waals surface area contributed by atoms with Crippen molar-refractivity contribution < 1.29 is 64.8 Å². The van der Waals surface area contributed by atoms with E-state index in [2.05, 4.69) is 5.32 Å². The predicted octanol–water partition coefficient (Wildman–Crippen LogP) is 2.89. The highest BCUT2D eigenvalue weighted by atomic mass is 32.2. The lowest BCUT2D eigenvalue weighted by Gasteiger charge is -2.09. The van der Waals surface area contributed by atoms with Crippen molar-refractivity contribution in [2.75, 3.05) is 137 Å². The Bertz CT molecular complexity index is 1230. The first-order valence-electron chi connectivity index (χ1n) is 17.0. The number of carbonyl (C=O) groups excluding carboxylic acids is 1. The number of hydrogen-bond donors (Lipinski definition) is 1. The van der Waals surface area contributed by atoms with E-state index in [-0.39, 0.29) is 24.0 Å². The van der Waals surface area contributed by atoms with Crippen LogP contribution in [0.25, 0.3) is 0 Å². The molecule has 0 radical (unpaired) electrons. The highest BCUT2D eigenvalue weighted by Crippen LogP contribution is 2.15. The van der Waals surface area contributed by atoms with Gasteiger partial charge in [-0.05, 0) is 43.3 Å². The number of ether oxygens (including phenoxy) is 10. The monoisotopic (exact) mass is 745 g/mol. The van der Waals surface area contributed by atoms with Crippen molar-refractivity contribution in [3.05, 3.63) is 54.1 Å². The van der Waals surface area contributed by atoms with Gasteiger partial charge in [0.15, 0.2) is 0 Å². The number of carbonyl (C=O) groups is 1. The van der Waals surface area contributed by atoms with Gasteiger partial charge in [-0.2, -0.15) is 8.42 Å². The molecule has 0 saturated carbocycles. The molecule has 0 fully saturated rings. The standard InChI is InChI=1S/C35H55NO14S/c1-31-3-9-35(10-4-31)51(38,39)50-30-28-48-26-24-46-22-20-44-18-16-42-14-12-40-11-13-41-15-17-43-19-21-45-23-25-47-27-29-49-34-7-5-33(6-8-34)36-32(2)37/h3-10H,11-30H2,1-2H3,(H,36,37). The number of nitrogens with one attached hydrogen (secondary N) is 1. The molecule has 51 heavy (non-hydrogen) atoms. The minimum absolute atomic E-state index is 0.0640. The molecule has 0 atom stereocenters. The molecule has 0 aliphatic heterocycles. The third-order valence-corrected chi connectivity index (χ3v) is 7.75. The van der Waals surface area contributed by atoms with Gasteiger partial charge in [-0.25, -0.2) is 0 Å². The second kappa shape index (κ2) is 29.8. The third-order valence-electron chi connectivity index (χ3n) is 6.42. The molecule has 2 rings (SSSR count). The Balaban J connectivity index is 1.19. The highest BCUT2D eigenvalue weighted by Gasteiger charge is 2.14. The first kappa shape index (κ1) is 44.4. The summed E-state index contributed by atoms with van der Waals surface area (Å²) in [4.78, 5) is 11.2. The van der Waals surface area contributed by atoms with Crippen LogP contribution in [0, 0.1) is 6.92 Å². The molecule has 0 unspecified atom stereocenters. The van der Waals surface area contributed by atoms with Crippen LogP contribution in [0.3, 0.4) is 0 Å². The Morgan fingerprint density at radius 3 is 1.18 bits per heavy atom. The lowest BCUT2D eigenvalue weighted by atomic mass is 10.2. The van der Waals surface area contributed by atoms with Crippen LogP contribution >= 0.6 is 0 Å². The zero-order valence-electron chi connectivity index (χ0n) is 29.9. The fourth-order valence-corrected chi connectivity index (χ4v) is 4.79. The summed E-state index contributed by atoms with van der Waals surface area (Å²) < 4.78 is 83.8. The van der Waals surface area contributed by atoms with Crippen LogP contribution in [0.2, 0.25) is 0 Å². The highest BCUT2D eigenvalue weighted by molar-refractivity contribution is 7.86. The summed E-state index contributed by atoms with van der Waals surface area (Å²) in [6, 6.07) is 13.6. The van der Waals surface area contributed by atoms with E-state index in [1.807, 2.05) is 6.92 Å². The number of anilines is 1. The average Bonchev–Trinajstić information content (AvgIpc) is 3.11. The summed E-state index contributed by atoms with van der Waals surface area (Å²) in [6.45, 7) is 11.4. The van der Waals surface area contributed by atoms with E-state index in [1.165, 1.54) is 19.1 Å². The number of hydrogen-bond acceptors (Lipinski definition) is 14. The summed E-state index contributed by atoms with van der Waals surface area (Å²) in [7, 11) is -3.78. The maximum absolute atomic E-state index is 12.1. The Morgan fingerprint density at radius 2 is 0.824 bits per heavy atom. The molecule has 16 heteroatoms. The summed E-state index contributed by atoms with van der Waals surface area (Å²) in [5.74, 6) is 0.594. The van der Waals surface area contributed by atoms with E-state index in [9.17, 15) is 13.2 Å². The molecule has 0 saturated heterocycles. The van der Waals surface area contributed by atoms with E-state index in [0.29, 0.717) is 125 Å². The zero-order valence-corrected chi connectivity index (χ0v) is 30.7. The minimum atomic E-state index is -3.78. The van der Waals surface area contributed by atoms with Crippen molar-refractivity contribution in [3.8, 4) is 5.75 Å². The normalized spacial score (nSPS) is 11.6. The van der Waals surface area contributed by atoms with Gasteiger partial charge in [-0.3, -0.25) is 8.98 Å². The lowest BCUT2D eigenvalue weighted by Crippen LogP contribution is -2.16. The van der Waals surface area contributed by atoms with Gasteiger partial charge in [-0.1, -0.05) is 17.7 Å². The van der Waals surface area contributed by atoms with Crippen LogP contribution < -0.4 is 10.1 Å². The zero-order chi connectivity index (χ0) is 36.7. The van der Waals surface area contributed by atoms with Crippen LogP contribution in [0.4, 0.5) is 5.69 Å². The van der Waals surface area contributed by atoms with E-state index in [1.54, 1.807) is 36.4 Å². The van der Waals surface area contributed by atoms with E-state index < -0.39 is 10.1 Å². The third kappa shape index (κ3) is 25.0. The fraction of sp³-hybridized carbons (Fsp3) is 0.629. The topological polar surface area (TPSA) is 165 Å². The fourth-order valence-electron chi connectivity index (χ4n) is 3.89. The van der Waals surface area contributed by atoms with Gasteiger partial charge in [0.1, 0.15) is 12.4 Å². The van der Waals surface area contributed by atoms with Gasteiger partial charge >= 0.3 is 0 Å². The smallest absolute Gasteiger partial charge is 0.297 e. The first-order valence-corrected chi connectivity index (χ1v) is 18.4. The molecule has 0 aliphatic rings. The lowest BCUT2D eigenvalue weighted by molar-refractivity contribution is -0.114. The molecule has 1 amide bonds. The predicted molar refractivity (Wildman–Crippen MR) is 188 cm³/mol. The molecule has 0 aliphatic carbocycles. The molecule has 2 aromatic carbocycles. The van der Waals surface area contributed by atoms with Crippen LogP contribution in [0.1, 0.15) is 12.5 Å². The second-order valence-electron chi connectivity index (χ2n) is 10.7. The maximum atomic E-state index is 12.1. The van der Waals surface area contributed by atoms with Crippen LogP contribution in [-0.2, 0) is 61.7 Å². The average molecular weight is 746 g/mol. The van der Waals surface area contributed by atoms with E-state index in [4.69, 9.17) is 51.6 Å². The Kier molecular flexibility index (Phi) is 26.0. The quantitative estimate of drug-likeness (QED) is 0.0822. The van der Waals surface area contributed by atoms with Crippen LogP contribution in [-0.4, -0.2) is 146 Å². The molecule has 2 aromatic rings. The van der Waals surface area contributed by atoms with Gasteiger partial charge in [0.25, 0.3) is 10.1 Å². The summed E-state index contributed by atoms with van der Waals surface area (Å²) in [6.07, 6.45) is 0.